The number of thiophene rings is 1. The predicted molar refractivity (Wildman–Crippen MR) is 112 cm³/mol. The van der Waals surface area contributed by atoms with Crippen LogP contribution < -0.4 is 10.6 Å². The minimum absolute atomic E-state index is 0. The summed E-state index contributed by atoms with van der Waals surface area (Å²) in [6.45, 7) is 8.04. The number of rotatable bonds is 7. The Morgan fingerprint density at radius 3 is 2.74 bits per heavy atom. The van der Waals surface area contributed by atoms with E-state index in [2.05, 4.69) is 45.0 Å². The number of unbranched alkanes of at least 4 members (excludes halogenated alkanes) is 1. The molecule has 6 heteroatoms. The van der Waals surface area contributed by atoms with Gasteiger partial charge in [-0.15, -0.1) is 35.3 Å². The molecule has 0 aromatic carbocycles. The van der Waals surface area contributed by atoms with Crippen molar-refractivity contribution in [1.82, 2.24) is 15.5 Å². The second-order valence-corrected chi connectivity index (χ2v) is 7.20. The molecule has 2 N–H and O–H groups in total. The fraction of sp³-hybridized carbons (Fsp3) is 0.706. The summed E-state index contributed by atoms with van der Waals surface area (Å²) in [6.07, 6.45) is 5.21. The highest BCUT2D eigenvalue weighted by Crippen LogP contribution is 2.16. The highest BCUT2D eigenvalue weighted by Gasteiger charge is 2.14. The number of nitrogens with one attached hydrogen (secondary N) is 2. The van der Waals surface area contributed by atoms with Crippen LogP contribution in [0, 0.1) is 5.92 Å². The van der Waals surface area contributed by atoms with Crippen molar-refractivity contribution in [3.8, 4) is 0 Å². The normalized spacial score (nSPS) is 16.9. The second kappa shape index (κ2) is 12.1. The van der Waals surface area contributed by atoms with Crippen molar-refractivity contribution in [2.45, 2.75) is 39.2 Å². The number of piperidine rings is 1. The van der Waals surface area contributed by atoms with Crippen LogP contribution in [0.15, 0.2) is 22.5 Å². The molecule has 1 aliphatic heterocycles. The molecule has 0 saturated carbocycles. The van der Waals surface area contributed by atoms with E-state index in [-0.39, 0.29) is 24.0 Å². The Bertz CT molecular complexity index is 428. The number of hydrogen-bond donors (Lipinski definition) is 2. The summed E-state index contributed by atoms with van der Waals surface area (Å²) in [5.74, 6) is 1.83. The zero-order valence-corrected chi connectivity index (χ0v) is 17.5. The smallest absolute Gasteiger partial charge is 0.191 e. The molecule has 0 radical (unpaired) electrons. The van der Waals surface area contributed by atoms with Crippen molar-refractivity contribution >= 4 is 41.3 Å². The number of hydrogen-bond acceptors (Lipinski definition) is 3. The fourth-order valence-electron chi connectivity index (χ4n) is 2.76. The van der Waals surface area contributed by atoms with Gasteiger partial charge in [-0.25, -0.2) is 0 Å². The molecule has 2 rings (SSSR count). The second-order valence-electron chi connectivity index (χ2n) is 6.16. The molecule has 0 spiro atoms. The summed E-state index contributed by atoms with van der Waals surface area (Å²) >= 11 is 1.77. The maximum atomic E-state index is 4.27. The van der Waals surface area contributed by atoms with Crippen LogP contribution in [0.5, 0.6) is 0 Å². The topological polar surface area (TPSA) is 39.7 Å². The van der Waals surface area contributed by atoms with Crippen LogP contribution in [0.3, 0.4) is 0 Å². The van der Waals surface area contributed by atoms with Gasteiger partial charge in [-0.2, -0.15) is 0 Å². The van der Waals surface area contributed by atoms with E-state index < -0.39 is 0 Å². The van der Waals surface area contributed by atoms with Gasteiger partial charge >= 0.3 is 0 Å². The maximum absolute atomic E-state index is 4.27. The molecule has 1 aliphatic rings. The summed E-state index contributed by atoms with van der Waals surface area (Å²) in [6, 6.07) is 4.23. The van der Waals surface area contributed by atoms with Crippen LogP contribution in [0.25, 0.3) is 0 Å². The number of guanidine groups is 1. The number of nitrogens with zero attached hydrogens (tertiary/aromatic N) is 2. The van der Waals surface area contributed by atoms with Crippen molar-refractivity contribution < 1.29 is 0 Å². The van der Waals surface area contributed by atoms with E-state index in [4.69, 9.17) is 0 Å². The maximum Gasteiger partial charge on any atom is 0.191 e. The quantitative estimate of drug-likeness (QED) is 0.289. The molecule has 23 heavy (non-hydrogen) atoms. The highest BCUT2D eigenvalue weighted by molar-refractivity contribution is 14.0. The Balaban J connectivity index is 0.00000264. The zero-order valence-electron chi connectivity index (χ0n) is 14.4. The molecular weight excluding hydrogens is 419 g/mol. The molecule has 1 aromatic rings. The number of likely N-dealkylation sites (tertiary alicyclic amines) is 1. The number of aliphatic imine (C=N–C) groups is 1. The van der Waals surface area contributed by atoms with Gasteiger partial charge in [0, 0.05) is 18.5 Å². The molecule has 132 valence electrons. The van der Waals surface area contributed by atoms with Gasteiger partial charge in [-0.05, 0) is 62.7 Å². The lowest BCUT2D eigenvalue weighted by atomic mass is 9.99. The predicted octanol–water partition coefficient (Wildman–Crippen LogP) is 3.54. The van der Waals surface area contributed by atoms with Gasteiger partial charge < -0.3 is 15.5 Å². The standard InChI is InChI=1S/C17H30N4S.HI/c1-15-7-11-21(12-8-15)10-4-3-9-19-17(18-2)20-14-16-6-5-13-22-16;/h5-6,13,15H,3-4,7-12,14H2,1-2H3,(H2,18,19,20);1H. The molecule has 0 bridgehead atoms. The van der Waals surface area contributed by atoms with E-state index in [9.17, 15) is 0 Å². The summed E-state index contributed by atoms with van der Waals surface area (Å²) in [4.78, 5) is 8.22. The molecular formula is C17H31IN4S. The lowest BCUT2D eigenvalue weighted by Crippen LogP contribution is -2.37. The zero-order chi connectivity index (χ0) is 15.6. The van der Waals surface area contributed by atoms with Crippen LogP contribution in [0.2, 0.25) is 0 Å². The Labute approximate surface area is 162 Å². The first kappa shape index (κ1) is 20.7. The van der Waals surface area contributed by atoms with Crippen molar-refractivity contribution in [3.63, 3.8) is 0 Å². The molecule has 4 nitrogen and oxygen atoms in total. The van der Waals surface area contributed by atoms with E-state index in [0.29, 0.717) is 0 Å². The lowest BCUT2D eigenvalue weighted by molar-refractivity contribution is 0.189. The summed E-state index contributed by atoms with van der Waals surface area (Å²) in [5.41, 5.74) is 0. The third kappa shape index (κ3) is 8.35. The van der Waals surface area contributed by atoms with Crippen LogP contribution in [-0.4, -0.2) is 44.1 Å². The van der Waals surface area contributed by atoms with E-state index in [0.717, 1.165) is 25.0 Å². The first-order chi connectivity index (χ1) is 10.8. The number of halogens is 1. The minimum atomic E-state index is 0. The first-order valence-corrected chi connectivity index (χ1v) is 9.35. The van der Waals surface area contributed by atoms with Gasteiger partial charge in [-0.3, -0.25) is 4.99 Å². The van der Waals surface area contributed by atoms with Crippen LogP contribution in [0.4, 0.5) is 0 Å². The molecule has 0 atom stereocenters. The molecule has 1 fully saturated rings. The Morgan fingerprint density at radius 1 is 1.30 bits per heavy atom. The van der Waals surface area contributed by atoms with Crippen molar-refractivity contribution in [2.24, 2.45) is 10.9 Å². The SMILES string of the molecule is CN=C(NCCCCN1CCC(C)CC1)NCc1cccs1.I. The Hall–Kier alpha value is -0.340. The molecule has 2 heterocycles. The summed E-state index contributed by atoms with van der Waals surface area (Å²) < 4.78 is 0. The molecule has 1 aromatic heterocycles. The third-order valence-corrected chi connectivity index (χ3v) is 5.18. The van der Waals surface area contributed by atoms with E-state index in [1.807, 2.05) is 7.05 Å². The monoisotopic (exact) mass is 450 g/mol. The largest absolute Gasteiger partial charge is 0.356 e. The Morgan fingerprint density at radius 2 is 2.09 bits per heavy atom. The van der Waals surface area contributed by atoms with Crippen molar-refractivity contribution in [1.29, 1.82) is 0 Å². The van der Waals surface area contributed by atoms with Crippen molar-refractivity contribution in [3.05, 3.63) is 22.4 Å². The van der Waals surface area contributed by atoms with Gasteiger partial charge in [0.15, 0.2) is 5.96 Å². The first-order valence-electron chi connectivity index (χ1n) is 8.47. The summed E-state index contributed by atoms with van der Waals surface area (Å²) in [5, 5.41) is 8.86. The molecule has 0 aliphatic carbocycles. The van der Waals surface area contributed by atoms with Gasteiger partial charge in [0.25, 0.3) is 0 Å². The van der Waals surface area contributed by atoms with E-state index in [1.54, 1.807) is 11.3 Å². The highest BCUT2D eigenvalue weighted by atomic mass is 127. The minimum Gasteiger partial charge on any atom is -0.356 e. The van der Waals surface area contributed by atoms with Crippen molar-refractivity contribution in [2.75, 3.05) is 33.2 Å². The lowest BCUT2D eigenvalue weighted by Gasteiger charge is -2.30. The Kier molecular flexibility index (Phi) is 10.9. The van der Waals surface area contributed by atoms with Gasteiger partial charge in [0.1, 0.15) is 0 Å². The molecule has 1 saturated heterocycles. The van der Waals surface area contributed by atoms with E-state index in [1.165, 1.54) is 50.2 Å². The fourth-order valence-corrected chi connectivity index (χ4v) is 3.40. The van der Waals surface area contributed by atoms with Crippen LogP contribution in [0.1, 0.15) is 37.5 Å². The average molecular weight is 450 g/mol. The summed E-state index contributed by atoms with van der Waals surface area (Å²) in [7, 11) is 1.83. The van der Waals surface area contributed by atoms with Gasteiger partial charge in [-0.1, -0.05) is 13.0 Å². The van der Waals surface area contributed by atoms with E-state index >= 15 is 0 Å². The molecule has 0 amide bonds. The van der Waals surface area contributed by atoms with Crippen LogP contribution >= 0.6 is 35.3 Å². The third-order valence-electron chi connectivity index (χ3n) is 4.30. The molecule has 0 unspecified atom stereocenters. The van der Waals surface area contributed by atoms with Gasteiger partial charge in [0.2, 0.25) is 0 Å². The van der Waals surface area contributed by atoms with Gasteiger partial charge in [0.05, 0.1) is 6.54 Å². The average Bonchev–Trinajstić information content (AvgIpc) is 3.05. The van der Waals surface area contributed by atoms with Crippen LogP contribution in [-0.2, 0) is 6.54 Å².